The third-order valence-corrected chi connectivity index (χ3v) is 4.67. The molecule has 2 rings (SSSR count). The van der Waals surface area contributed by atoms with Gasteiger partial charge in [0.15, 0.2) is 0 Å². The average molecular weight is 235 g/mol. The molecule has 1 fully saturated rings. The van der Waals surface area contributed by atoms with E-state index in [0.717, 1.165) is 6.04 Å². The van der Waals surface area contributed by atoms with Gasteiger partial charge in [0, 0.05) is 11.8 Å². The van der Waals surface area contributed by atoms with Crippen LogP contribution < -0.4 is 5.32 Å². The number of hydrogen-bond acceptors (Lipinski definition) is 2. The Bertz CT molecular complexity index is 312. The van der Waals surface area contributed by atoms with Gasteiger partial charge in [0.05, 0.1) is 5.37 Å². The van der Waals surface area contributed by atoms with Gasteiger partial charge in [0.1, 0.15) is 0 Å². The van der Waals surface area contributed by atoms with Crippen LogP contribution in [0, 0.1) is 0 Å². The van der Waals surface area contributed by atoms with Gasteiger partial charge in [-0.3, -0.25) is 0 Å². The fourth-order valence-electron chi connectivity index (χ4n) is 2.20. The van der Waals surface area contributed by atoms with E-state index in [-0.39, 0.29) is 0 Å². The first kappa shape index (κ1) is 12.0. The van der Waals surface area contributed by atoms with Gasteiger partial charge in [-0.2, -0.15) is 0 Å². The maximum absolute atomic E-state index is 3.70. The van der Waals surface area contributed by atoms with Crippen LogP contribution >= 0.6 is 11.8 Å². The molecule has 1 aromatic carbocycles. The van der Waals surface area contributed by atoms with Crippen molar-refractivity contribution in [3.63, 3.8) is 0 Å². The smallest absolute Gasteiger partial charge is 0.0540 e. The second kappa shape index (κ2) is 5.74. The highest BCUT2D eigenvalue weighted by Gasteiger charge is 2.24. The van der Waals surface area contributed by atoms with Crippen LogP contribution in [-0.2, 0) is 0 Å². The van der Waals surface area contributed by atoms with Crippen molar-refractivity contribution in [3.05, 3.63) is 35.9 Å². The summed E-state index contributed by atoms with van der Waals surface area (Å²) in [7, 11) is 0. The van der Waals surface area contributed by atoms with E-state index in [2.05, 4.69) is 61.3 Å². The number of rotatable bonds is 4. The maximum atomic E-state index is 3.70. The predicted octanol–water partition coefficient (Wildman–Crippen LogP) is 3.62. The third-order valence-electron chi connectivity index (χ3n) is 3.35. The molecule has 0 radical (unpaired) electrons. The molecule has 0 bridgehead atoms. The summed E-state index contributed by atoms with van der Waals surface area (Å²) in [5.41, 5.74) is 1.46. The lowest BCUT2D eigenvalue weighted by atomic mass is 9.98. The van der Waals surface area contributed by atoms with Crippen LogP contribution in [0.1, 0.15) is 38.2 Å². The van der Waals surface area contributed by atoms with Crippen LogP contribution in [0.25, 0.3) is 0 Å². The predicted molar refractivity (Wildman–Crippen MR) is 72.9 cm³/mol. The normalized spacial score (nSPS) is 26.9. The zero-order valence-electron chi connectivity index (χ0n) is 10.1. The molecular weight excluding hydrogens is 214 g/mol. The molecule has 1 aromatic rings. The largest absolute Gasteiger partial charge is 0.302 e. The minimum absolute atomic E-state index is 0.653. The van der Waals surface area contributed by atoms with Gasteiger partial charge in [-0.25, -0.2) is 0 Å². The van der Waals surface area contributed by atoms with Crippen molar-refractivity contribution in [2.24, 2.45) is 0 Å². The average Bonchev–Trinajstić information content (AvgIpc) is 2.78. The summed E-state index contributed by atoms with van der Waals surface area (Å²) in [6.07, 6.45) is 2.49. The second-order valence-electron chi connectivity index (χ2n) is 4.64. The zero-order chi connectivity index (χ0) is 11.4. The van der Waals surface area contributed by atoms with Crippen LogP contribution in [-0.4, -0.2) is 17.2 Å². The molecule has 1 heterocycles. The number of nitrogens with one attached hydrogen (secondary N) is 1. The molecule has 3 unspecified atom stereocenters. The summed E-state index contributed by atoms with van der Waals surface area (Å²) in [6.45, 7) is 4.60. The van der Waals surface area contributed by atoms with Crippen LogP contribution in [0.2, 0.25) is 0 Å². The minimum Gasteiger partial charge on any atom is -0.302 e. The Balaban J connectivity index is 1.86. The van der Waals surface area contributed by atoms with Gasteiger partial charge in [-0.15, -0.1) is 11.8 Å². The summed E-state index contributed by atoms with van der Waals surface area (Å²) in [6, 6.07) is 11.6. The Morgan fingerprint density at radius 2 is 2.12 bits per heavy atom. The second-order valence-corrected chi connectivity index (χ2v) is 5.88. The number of benzene rings is 1. The van der Waals surface area contributed by atoms with Crippen molar-refractivity contribution in [1.82, 2.24) is 5.32 Å². The minimum atomic E-state index is 0.653. The topological polar surface area (TPSA) is 12.0 Å². The molecule has 0 saturated carbocycles. The Kier molecular flexibility index (Phi) is 4.30. The lowest BCUT2D eigenvalue weighted by Crippen LogP contribution is -2.29. The van der Waals surface area contributed by atoms with Crippen molar-refractivity contribution in [3.8, 4) is 0 Å². The molecule has 0 aromatic heterocycles. The monoisotopic (exact) mass is 235 g/mol. The number of thioether (sulfide) groups is 1. The molecule has 1 aliphatic rings. The highest BCUT2D eigenvalue weighted by molar-refractivity contribution is 8.00. The molecule has 0 aliphatic carbocycles. The van der Waals surface area contributed by atoms with Gasteiger partial charge in [0.2, 0.25) is 0 Å². The van der Waals surface area contributed by atoms with E-state index < -0.39 is 0 Å². The molecule has 0 spiro atoms. The highest BCUT2D eigenvalue weighted by atomic mass is 32.2. The fourth-order valence-corrected chi connectivity index (χ4v) is 3.71. The van der Waals surface area contributed by atoms with Crippen LogP contribution in [0.3, 0.4) is 0 Å². The fraction of sp³-hybridized carbons (Fsp3) is 0.571. The highest BCUT2D eigenvalue weighted by Crippen LogP contribution is 2.29. The van der Waals surface area contributed by atoms with Crippen molar-refractivity contribution >= 4 is 11.8 Å². The molecule has 0 amide bonds. The Morgan fingerprint density at radius 3 is 2.75 bits per heavy atom. The van der Waals surface area contributed by atoms with E-state index in [1.54, 1.807) is 0 Å². The molecule has 3 atom stereocenters. The van der Waals surface area contributed by atoms with E-state index in [1.807, 2.05) is 0 Å². The van der Waals surface area contributed by atoms with Crippen LogP contribution in [0.5, 0.6) is 0 Å². The quantitative estimate of drug-likeness (QED) is 0.855. The van der Waals surface area contributed by atoms with E-state index >= 15 is 0 Å². The van der Waals surface area contributed by atoms with Gasteiger partial charge >= 0.3 is 0 Å². The summed E-state index contributed by atoms with van der Waals surface area (Å²) < 4.78 is 0. The van der Waals surface area contributed by atoms with Crippen molar-refractivity contribution in [2.45, 2.75) is 44.0 Å². The molecule has 1 aliphatic heterocycles. The lowest BCUT2D eigenvalue weighted by Gasteiger charge is -2.17. The van der Waals surface area contributed by atoms with Crippen molar-refractivity contribution in [2.75, 3.05) is 5.75 Å². The summed E-state index contributed by atoms with van der Waals surface area (Å²) >= 11 is 2.09. The maximum Gasteiger partial charge on any atom is 0.0540 e. The van der Waals surface area contributed by atoms with E-state index in [1.165, 1.54) is 24.2 Å². The van der Waals surface area contributed by atoms with Crippen molar-refractivity contribution < 1.29 is 0 Å². The van der Waals surface area contributed by atoms with Gasteiger partial charge in [0.25, 0.3) is 0 Å². The number of hydrogen-bond donors (Lipinski definition) is 1. The Hall–Kier alpha value is -0.470. The summed E-state index contributed by atoms with van der Waals surface area (Å²) in [4.78, 5) is 0. The Morgan fingerprint density at radius 1 is 1.38 bits per heavy atom. The Labute approximate surface area is 103 Å². The standard InChI is InChI=1S/C14H21NS/c1-3-13-10-16-14(15-13)9-11(2)12-7-5-4-6-8-12/h4-8,11,13-15H,3,9-10H2,1-2H3. The molecular formula is C14H21NS. The van der Waals surface area contributed by atoms with Crippen LogP contribution in [0.4, 0.5) is 0 Å². The van der Waals surface area contributed by atoms with Gasteiger partial charge < -0.3 is 5.32 Å². The summed E-state index contributed by atoms with van der Waals surface area (Å²) in [5, 5.41) is 4.36. The molecule has 16 heavy (non-hydrogen) atoms. The first-order valence-electron chi connectivity index (χ1n) is 6.22. The molecule has 2 heteroatoms. The third kappa shape index (κ3) is 3.02. The zero-order valence-corrected chi connectivity index (χ0v) is 11.0. The van der Waals surface area contributed by atoms with E-state index in [4.69, 9.17) is 0 Å². The molecule has 1 N–H and O–H groups in total. The summed E-state index contributed by atoms with van der Waals surface area (Å²) in [5.74, 6) is 1.93. The van der Waals surface area contributed by atoms with Crippen molar-refractivity contribution in [1.29, 1.82) is 0 Å². The first-order chi connectivity index (χ1) is 7.79. The van der Waals surface area contributed by atoms with Crippen LogP contribution in [0.15, 0.2) is 30.3 Å². The molecule has 1 saturated heterocycles. The van der Waals surface area contributed by atoms with E-state index in [9.17, 15) is 0 Å². The molecule has 1 nitrogen and oxygen atoms in total. The molecule has 88 valence electrons. The SMILES string of the molecule is CCC1CSC(CC(C)c2ccccc2)N1. The lowest BCUT2D eigenvalue weighted by molar-refractivity contribution is 0.509. The first-order valence-corrected chi connectivity index (χ1v) is 7.27. The van der Waals surface area contributed by atoms with E-state index in [0.29, 0.717) is 11.3 Å². The van der Waals surface area contributed by atoms with Gasteiger partial charge in [-0.1, -0.05) is 44.2 Å². The van der Waals surface area contributed by atoms with Gasteiger partial charge in [-0.05, 0) is 24.3 Å².